The summed E-state index contributed by atoms with van der Waals surface area (Å²) >= 11 is 0. The van der Waals surface area contributed by atoms with Gasteiger partial charge in [0.1, 0.15) is 29.9 Å². The monoisotopic (exact) mass is 310 g/mol. The van der Waals surface area contributed by atoms with E-state index in [0.29, 0.717) is 50.2 Å². The predicted octanol–water partition coefficient (Wildman–Crippen LogP) is 0.187. The van der Waals surface area contributed by atoms with Crippen molar-refractivity contribution in [3.05, 3.63) is 18.2 Å². The Morgan fingerprint density at radius 2 is 1.95 bits per heavy atom. The Bertz CT molecular complexity index is 467. The zero-order valence-corrected chi connectivity index (χ0v) is 12.9. The van der Waals surface area contributed by atoms with Crippen LogP contribution in [0.3, 0.4) is 0 Å². The molecule has 1 amide bonds. The quantitative estimate of drug-likeness (QED) is 0.700. The SMILES string of the molecule is COc1cc(OC)cc(OCCNC(=O)C2COCCN2)c1. The van der Waals surface area contributed by atoms with Gasteiger partial charge in [-0.05, 0) is 0 Å². The highest BCUT2D eigenvalue weighted by Crippen LogP contribution is 2.27. The van der Waals surface area contributed by atoms with Crippen molar-refractivity contribution >= 4 is 5.91 Å². The first-order valence-electron chi connectivity index (χ1n) is 7.17. The maximum Gasteiger partial charge on any atom is 0.239 e. The lowest BCUT2D eigenvalue weighted by atomic mass is 10.2. The molecule has 7 heteroatoms. The number of amides is 1. The van der Waals surface area contributed by atoms with Crippen molar-refractivity contribution < 1.29 is 23.7 Å². The van der Waals surface area contributed by atoms with E-state index in [0.717, 1.165) is 0 Å². The van der Waals surface area contributed by atoms with E-state index < -0.39 is 0 Å². The molecule has 0 aromatic heterocycles. The number of methoxy groups -OCH3 is 2. The van der Waals surface area contributed by atoms with E-state index in [1.807, 2.05) is 0 Å². The predicted molar refractivity (Wildman–Crippen MR) is 80.7 cm³/mol. The second-order valence-electron chi connectivity index (χ2n) is 4.77. The number of carbonyl (C=O) groups is 1. The van der Waals surface area contributed by atoms with Crippen molar-refractivity contribution in [2.75, 3.05) is 47.1 Å². The summed E-state index contributed by atoms with van der Waals surface area (Å²) < 4.78 is 21.2. The van der Waals surface area contributed by atoms with Gasteiger partial charge in [-0.3, -0.25) is 4.79 Å². The largest absolute Gasteiger partial charge is 0.496 e. The molecule has 0 spiro atoms. The minimum absolute atomic E-state index is 0.0773. The topological polar surface area (TPSA) is 78.0 Å². The van der Waals surface area contributed by atoms with Crippen molar-refractivity contribution in [1.82, 2.24) is 10.6 Å². The fourth-order valence-electron chi connectivity index (χ4n) is 2.06. The molecule has 2 N–H and O–H groups in total. The normalized spacial score (nSPS) is 17.6. The highest BCUT2D eigenvalue weighted by atomic mass is 16.5. The summed E-state index contributed by atoms with van der Waals surface area (Å²) in [5, 5.41) is 5.91. The van der Waals surface area contributed by atoms with Gasteiger partial charge >= 0.3 is 0 Å². The van der Waals surface area contributed by atoms with E-state index in [1.54, 1.807) is 32.4 Å². The van der Waals surface area contributed by atoms with Gasteiger partial charge in [0.05, 0.1) is 34.0 Å². The number of benzene rings is 1. The zero-order valence-electron chi connectivity index (χ0n) is 12.9. The zero-order chi connectivity index (χ0) is 15.8. The average Bonchev–Trinajstić information content (AvgIpc) is 2.58. The van der Waals surface area contributed by atoms with Crippen LogP contribution in [0.1, 0.15) is 0 Å². The third kappa shape index (κ3) is 4.78. The molecule has 0 radical (unpaired) electrons. The summed E-state index contributed by atoms with van der Waals surface area (Å²) in [5.41, 5.74) is 0. The van der Waals surface area contributed by atoms with E-state index in [1.165, 1.54) is 0 Å². The second kappa shape index (κ2) is 8.45. The molecule has 122 valence electrons. The molecule has 1 saturated heterocycles. The molecule has 0 aliphatic carbocycles. The number of morpholine rings is 1. The molecule has 1 aliphatic heterocycles. The first-order valence-corrected chi connectivity index (χ1v) is 7.17. The van der Waals surface area contributed by atoms with Gasteiger partial charge < -0.3 is 29.6 Å². The number of carbonyl (C=O) groups excluding carboxylic acids is 1. The number of hydrogen-bond donors (Lipinski definition) is 2. The van der Waals surface area contributed by atoms with Crippen LogP contribution in [0.5, 0.6) is 17.2 Å². The first kappa shape index (κ1) is 16.4. The summed E-state index contributed by atoms with van der Waals surface area (Å²) in [6.07, 6.45) is 0. The van der Waals surface area contributed by atoms with Gasteiger partial charge in [0.25, 0.3) is 0 Å². The number of ether oxygens (including phenoxy) is 4. The molecular weight excluding hydrogens is 288 g/mol. The van der Waals surface area contributed by atoms with Gasteiger partial charge in [0, 0.05) is 24.7 Å². The maximum atomic E-state index is 11.9. The Morgan fingerprint density at radius 3 is 2.55 bits per heavy atom. The van der Waals surface area contributed by atoms with Crippen LogP contribution in [0.15, 0.2) is 18.2 Å². The molecule has 1 fully saturated rings. The Labute approximate surface area is 129 Å². The van der Waals surface area contributed by atoms with Crippen molar-refractivity contribution in [2.45, 2.75) is 6.04 Å². The Kier molecular flexibility index (Phi) is 6.29. The van der Waals surface area contributed by atoms with Gasteiger partial charge in [-0.1, -0.05) is 0 Å². The summed E-state index contributed by atoms with van der Waals surface area (Å²) in [7, 11) is 3.16. The molecule has 1 atom stereocenters. The third-order valence-electron chi connectivity index (χ3n) is 3.23. The van der Waals surface area contributed by atoms with Gasteiger partial charge in [0.2, 0.25) is 5.91 Å². The fourth-order valence-corrected chi connectivity index (χ4v) is 2.06. The summed E-state index contributed by atoms with van der Waals surface area (Å²) in [4.78, 5) is 11.9. The molecule has 0 saturated carbocycles. The van der Waals surface area contributed by atoms with Crippen LogP contribution >= 0.6 is 0 Å². The van der Waals surface area contributed by atoms with Crippen LogP contribution in [0, 0.1) is 0 Å². The van der Waals surface area contributed by atoms with Crippen LogP contribution < -0.4 is 24.8 Å². The van der Waals surface area contributed by atoms with Crippen LogP contribution in [0.25, 0.3) is 0 Å². The van der Waals surface area contributed by atoms with Crippen molar-refractivity contribution in [3.63, 3.8) is 0 Å². The highest BCUT2D eigenvalue weighted by Gasteiger charge is 2.20. The average molecular weight is 310 g/mol. The van der Waals surface area contributed by atoms with Crippen molar-refractivity contribution in [1.29, 1.82) is 0 Å². The third-order valence-corrected chi connectivity index (χ3v) is 3.23. The summed E-state index contributed by atoms with van der Waals surface area (Å²) in [6, 6.07) is 5.01. The molecule has 2 rings (SSSR count). The molecule has 7 nitrogen and oxygen atoms in total. The second-order valence-corrected chi connectivity index (χ2v) is 4.77. The molecular formula is C15H22N2O5. The maximum absolute atomic E-state index is 11.9. The van der Waals surface area contributed by atoms with E-state index in [-0.39, 0.29) is 11.9 Å². The Balaban J connectivity index is 1.75. The van der Waals surface area contributed by atoms with Crippen LogP contribution in [-0.2, 0) is 9.53 Å². The number of rotatable bonds is 7. The van der Waals surface area contributed by atoms with Gasteiger partial charge in [0.15, 0.2) is 0 Å². The molecule has 1 aromatic rings. The number of nitrogens with one attached hydrogen (secondary N) is 2. The minimum Gasteiger partial charge on any atom is -0.496 e. The van der Waals surface area contributed by atoms with Gasteiger partial charge in [-0.2, -0.15) is 0 Å². The minimum atomic E-state index is -0.286. The van der Waals surface area contributed by atoms with Crippen molar-refractivity contribution in [3.8, 4) is 17.2 Å². The van der Waals surface area contributed by atoms with E-state index in [9.17, 15) is 4.79 Å². The first-order chi connectivity index (χ1) is 10.7. The molecule has 1 unspecified atom stereocenters. The lowest BCUT2D eigenvalue weighted by molar-refractivity contribution is -0.126. The lowest BCUT2D eigenvalue weighted by Gasteiger charge is -2.22. The standard InChI is InChI=1S/C15H22N2O5/c1-19-11-7-12(20-2)9-13(8-11)22-6-4-17-15(18)14-10-21-5-3-16-14/h7-9,14,16H,3-6,10H2,1-2H3,(H,17,18). The molecule has 1 aromatic carbocycles. The van der Waals surface area contributed by atoms with Gasteiger partial charge in [-0.25, -0.2) is 0 Å². The van der Waals surface area contributed by atoms with E-state index >= 15 is 0 Å². The highest BCUT2D eigenvalue weighted by molar-refractivity contribution is 5.81. The molecule has 22 heavy (non-hydrogen) atoms. The summed E-state index contributed by atoms with van der Waals surface area (Å²) in [6.45, 7) is 2.51. The Morgan fingerprint density at radius 1 is 1.27 bits per heavy atom. The lowest BCUT2D eigenvalue weighted by Crippen LogP contribution is -2.51. The number of hydrogen-bond acceptors (Lipinski definition) is 6. The van der Waals surface area contributed by atoms with Crippen LogP contribution in [0.4, 0.5) is 0 Å². The smallest absolute Gasteiger partial charge is 0.239 e. The molecule has 0 bridgehead atoms. The fraction of sp³-hybridized carbons (Fsp3) is 0.533. The van der Waals surface area contributed by atoms with E-state index in [2.05, 4.69) is 10.6 Å². The molecule has 1 heterocycles. The van der Waals surface area contributed by atoms with Crippen molar-refractivity contribution in [2.24, 2.45) is 0 Å². The van der Waals surface area contributed by atoms with Crippen LogP contribution in [-0.4, -0.2) is 59.1 Å². The Hall–Kier alpha value is -1.99. The van der Waals surface area contributed by atoms with Gasteiger partial charge in [-0.15, -0.1) is 0 Å². The molecule has 1 aliphatic rings. The summed E-state index contributed by atoms with van der Waals surface area (Å²) in [5.74, 6) is 1.86. The van der Waals surface area contributed by atoms with E-state index in [4.69, 9.17) is 18.9 Å². The van der Waals surface area contributed by atoms with Crippen LogP contribution in [0.2, 0.25) is 0 Å².